The van der Waals surface area contributed by atoms with E-state index in [2.05, 4.69) is 20.8 Å². The molecule has 0 fully saturated rings. The van der Waals surface area contributed by atoms with Crippen LogP contribution in [0.5, 0.6) is 0 Å². The number of rotatable bonds is 5. The van der Waals surface area contributed by atoms with E-state index in [1.807, 2.05) is 0 Å². The zero-order chi connectivity index (χ0) is 8.91. The van der Waals surface area contributed by atoms with Gasteiger partial charge in [-0.1, -0.05) is 33.6 Å². The van der Waals surface area contributed by atoms with Crippen molar-refractivity contribution in [2.45, 2.75) is 40.0 Å². The molecule has 0 aliphatic heterocycles. The van der Waals surface area contributed by atoms with Crippen LogP contribution in [0.3, 0.4) is 0 Å². The molecular weight excluding hydrogens is 160 g/mol. The van der Waals surface area contributed by atoms with Crippen molar-refractivity contribution in [2.75, 3.05) is 5.88 Å². The summed E-state index contributed by atoms with van der Waals surface area (Å²) in [4.78, 5) is 11.0. The summed E-state index contributed by atoms with van der Waals surface area (Å²) >= 11 is 5.42. The minimum absolute atomic E-state index is 0.162. The summed E-state index contributed by atoms with van der Waals surface area (Å²) < 4.78 is 0. The molecule has 0 bridgehead atoms. The Morgan fingerprint density at radius 3 is 2.09 bits per heavy atom. The Morgan fingerprint density at radius 1 is 1.36 bits per heavy atom. The van der Waals surface area contributed by atoms with Gasteiger partial charge in [0, 0.05) is 6.42 Å². The van der Waals surface area contributed by atoms with Crippen LogP contribution in [0.1, 0.15) is 40.0 Å². The minimum atomic E-state index is 0.162. The third kappa shape index (κ3) is 3.76. The van der Waals surface area contributed by atoms with E-state index in [1.54, 1.807) is 0 Å². The summed E-state index contributed by atoms with van der Waals surface area (Å²) in [7, 11) is 0. The third-order valence-electron chi connectivity index (χ3n) is 2.48. The van der Waals surface area contributed by atoms with E-state index in [0.717, 1.165) is 12.8 Å². The Hall–Kier alpha value is -0.0400. The van der Waals surface area contributed by atoms with Gasteiger partial charge in [0.1, 0.15) is 5.78 Å². The molecule has 66 valence electrons. The fourth-order valence-corrected chi connectivity index (χ4v) is 1.12. The number of hydrogen-bond donors (Lipinski definition) is 0. The molecule has 0 aliphatic carbocycles. The molecule has 0 aliphatic rings. The summed E-state index contributed by atoms with van der Waals surface area (Å²) in [5, 5.41) is 0. The molecule has 0 spiro atoms. The average Bonchev–Trinajstić information content (AvgIpc) is 2.04. The molecule has 0 amide bonds. The molecule has 0 aromatic heterocycles. The second kappa shape index (κ2) is 4.76. The molecule has 0 N–H and O–H groups in total. The Bertz CT molecular complexity index is 128. The molecule has 0 radical (unpaired) electrons. The van der Waals surface area contributed by atoms with Crippen molar-refractivity contribution in [1.82, 2.24) is 0 Å². The molecular formula is C9H17ClO. The Morgan fingerprint density at radius 2 is 1.82 bits per heavy atom. The Balaban J connectivity index is 3.96. The molecule has 0 atom stereocenters. The van der Waals surface area contributed by atoms with Crippen LogP contribution in [-0.2, 0) is 4.79 Å². The molecule has 0 aromatic carbocycles. The van der Waals surface area contributed by atoms with Gasteiger partial charge in [0.2, 0.25) is 0 Å². The highest BCUT2D eigenvalue weighted by Crippen LogP contribution is 2.29. The minimum Gasteiger partial charge on any atom is -0.298 e. The lowest BCUT2D eigenvalue weighted by atomic mass is 9.80. The van der Waals surface area contributed by atoms with Crippen molar-refractivity contribution < 1.29 is 4.79 Å². The van der Waals surface area contributed by atoms with Crippen molar-refractivity contribution in [3.63, 3.8) is 0 Å². The first-order chi connectivity index (χ1) is 5.08. The zero-order valence-electron chi connectivity index (χ0n) is 7.61. The van der Waals surface area contributed by atoms with Crippen LogP contribution in [0.2, 0.25) is 0 Å². The highest BCUT2D eigenvalue weighted by Gasteiger charge is 2.22. The van der Waals surface area contributed by atoms with Crippen molar-refractivity contribution in [2.24, 2.45) is 5.41 Å². The van der Waals surface area contributed by atoms with Crippen LogP contribution in [-0.4, -0.2) is 11.7 Å². The topological polar surface area (TPSA) is 17.1 Å². The van der Waals surface area contributed by atoms with Crippen molar-refractivity contribution >= 4 is 17.4 Å². The van der Waals surface area contributed by atoms with Gasteiger partial charge in [0.05, 0.1) is 5.88 Å². The first-order valence-electron chi connectivity index (χ1n) is 4.15. The van der Waals surface area contributed by atoms with Gasteiger partial charge in [-0.25, -0.2) is 0 Å². The highest BCUT2D eigenvalue weighted by molar-refractivity contribution is 6.27. The smallest absolute Gasteiger partial charge is 0.148 e. The number of halogens is 1. The third-order valence-corrected chi connectivity index (χ3v) is 2.78. The van der Waals surface area contributed by atoms with Crippen LogP contribution in [0.25, 0.3) is 0 Å². The molecule has 2 heteroatoms. The lowest BCUT2D eigenvalue weighted by Gasteiger charge is -2.25. The summed E-state index contributed by atoms with van der Waals surface area (Å²) in [6.07, 6.45) is 2.72. The Labute approximate surface area is 74.1 Å². The molecule has 0 saturated carbocycles. The van der Waals surface area contributed by atoms with Gasteiger partial charge in [-0.2, -0.15) is 0 Å². The molecule has 0 saturated heterocycles. The largest absolute Gasteiger partial charge is 0.298 e. The van der Waals surface area contributed by atoms with Crippen LogP contribution < -0.4 is 0 Å². The molecule has 0 rings (SSSR count). The fourth-order valence-electron chi connectivity index (χ4n) is 1.02. The first-order valence-corrected chi connectivity index (χ1v) is 4.69. The maximum atomic E-state index is 11.0. The first kappa shape index (κ1) is 11.0. The van der Waals surface area contributed by atoms with Crippen molar-refractivity contribution in [3.05, 3.63) is 0 Å². The van der Waals surface area contributed by atoms with Gasteiger partial charge in [0.25, 0.3) is 0 Å². The average molecular weight is 177 g/mol. The predicted octanol–water partition coefficient (Wildman–Crippen LogP) is 3.01. The number of hydrogen-bond acceptors (Lipinski definition) is 1. The van der Waals surface area contributed by atoms with Gasteiger partial charge in [0.15, 0.2) is 0 Å². The lowest BCUT2D eigenvalue weighted by Crippen LogP contribution is -2.19. The van der Waals surface area contributed by atoms with Crippen molar-refractivity contribution in [3.8, 4) is 0 Å². The number of carbonyl (C=O) groups excluding carboxylic acids is 1. The van der Waals surface area contributed by atoms with Gasteiger partial charge in [-0.3, -0.25) is 4.79 Å². The summed E-state index contributed by atoms with van der Waals surface area (Å²) in [6, 6.07) is 0. The van der Waals surface area contributed by atoms with Gasteiger partial charge >= 0.3 is 0 Å². The van der Waals surface area contributed by atoms with E-state index in [0.29, 0.717) is 6.42 Å². The molecule has 0 unspecified atom stereocenters. The molecule has 11 heavy (non-hydrogen) atoms. The van der Waals surface area contributed by atoms with E-state index in [1.165, 1.54) is 0 Å². The van der Waals surface area contributed by atoms with E-state index >= 15 is 0 Å². The second-order valence-electron chi connectivity index (χ2n) is 3.37. The van der Waals surface area contributed by atoms with Gasteiger partial charge in [-0.15, -0.1) is 11.6 Å². The number of Topliss-reactive ketones (excluding diaryl/α,β-unsaturated/α-hetero) is 1. The number of ketones is 1. The zero-order valence-corrected chi connectivity index (χ0v) is 8.37. The summed E-state index contributed by atoms with van der Waals surface area (Å²) in [6.45, 7) is 6.37. The van der Waals surface area contributed by atoms with Gasteiger partial charge < -0.3 is 0 Å². The quantitative estimate of drug-likeness (QED) is 0.589. The van der Waals surface area contributed by atoms with E-state index in [-0.39, 0.29) is 17.1 Å². The summed E-state index contributed by atoms with van der Waals surface area (Å²) in [5.74, 6) is 0.327. The van der Waals surface area contributed by atoms with E-state index < -0.39 is 0 Å². The lowest BCUT2D eigenvalue weighted by molar-refractivity contribution is -0.118. The monoisotopic (exact) mass is 176 g/mol. The SMILES string of the molecule is CCC(C)(CC)CC(=O)CCl. The number of carbonyl (C=O) groups is 1. The molecule has 0 heterocycles. The maximum absolute atomic E-state index is 11.0. The van der Waals surface area contributed by atoms with E-state index in [9.17, 15) is 4.79 Å². The van der Waals surface area contributed by atoms with Crippen molar-refractivity contribution in [1.29, 1.82) is 0 Å². The second-order valence-corrected chi connectivity index (χ2v) is 3.63. The highest BCUT2D eigenvalue weighted by atomic mass is 35.5. The normalized spacial score (nSPS) is 11.6. The predicted molar refractivity (Wildman–Crippen MR) is 49.0 cm³/mol. The van der Waals surface area contributed by atoms with Crippen LogP contribution in [0, 0.1) is 5.41 Å². The van der Waals surface area contributed by atoms with Crippen LogP contribution in [0.15, 0.2) is 0 Å². The van der Waals surface area contributed by atoms with Gasteiger partial charge in [-0.05, 0) is 5.41 Å². The number of alkyl halides is 1. The van der Waals surface area contributed by atoms with Crippen LogP contribution >= 0.6 is 11.6 Å². The molecule has 0 aromatic rings. The van der Waals surface area contributed by atoms with E-state index in [4.69, 9.17) is 11.6 Å². The Kier molecular flexibility index (Phi) is 4.74. The maximum Gasteiger partial charge on any atom is 0.148 e. The summed E-state index contributed by atoms with van der Waals surface area (Å²) in [5.41, 5.74) is 0.173. The fraction of sp³-hybridized carbons (Fsp3) is 0.889. The van der Waals surface area contributed by atoms with Crippen LogP contribution in [0.4, 0.5) is 0 Å². The standard InChI is InChI=1S/C9H17ClO/c1-4-9(3,5-2)6-8(11)7-10/h4-7H2,1-3H3. The molecule has 1 nitrogen and oxygen atoms in total.